The first-order valence-corrected chi connectivity index (χ1v) is 5.74. The van der Waals surface area contributed by atoms with Crippen LogP contribution in [0.2, 0.25) is 0 Å². The molecule has 0 amide bonds. The molecule has 1 saturated carbocycles. The quantitative estimate of drug-likeness (QED) is 0.728. The molecule has 2 atom stereocenters. The van der Waals surface area contributed by atoms with Gasteiger partial charge in [0.25, 0.3) is 0 Å². The molecule has 0 radical (unpaired) electrons. The molecular weight excluding hydrogens is 212 g/mol. The van der Waals surface area contributed by atoms with Crippen molar-refractivity contribution in [1.82, 2.24) is 9.97 Å². The van der Waals surface area contributed by atoms with Crippen molar-refractivity contribution in [1.29, 1.82) is 0 Å². The predicted octanol–water partition coefficient (Wildman–Crippen LogP) is 2.75. The Hall–Kier alpha value is -0.830. The molecule has 0 bridgehead atoms. The summed E-state index contributed by atoms with van der Waals surface area (Å²) < 4.78 is 5.22. The van der Waals surface area contributed by atoms with Gasteiger partial charge in [0.05, 0.1) is 7.11 Å². The van der Waals surface area contributed by atoms with Gasteiger partial charge in [0.2, 0.25) is 5.88 Å². The van der Waals surface area contributed by atoms with Crippen molar-refractivity contribution in [3.8, 4) is 5.88 Å². The number of ether oxygens (including phenoxy) is 1. The van der Waals surface area contributed by atoms with E-state index < -0.39 is 0 Å². The second-order valence-corrected chi connectivity index (χ2v) is 4.53. The minimum atomic E-state index is 0.274. The Labute approximate surface area is 94.8 Å². The lowest BCUT2D eigenvalue weighted by atomic mass is 9.86. The molecule has 4 heteroatoms. The average molecular weight is 227 g/mol. The minimum Gasteiger partial charge on any atom is -0.480 e. The third-order valence-electron chi connectivity index (χ3n) is 2.88. The van der Waals surface area contributed by atoms with E-state index in [1.165, 1.54) is 6.42 Å². The fraction of sp³-hybridized carbons (Fsp3) is 0.636. The van der Waals surface area contributed by atoms with E-state index in [4.69, 9.17) is 16.3 Å². The molecule has 1 aromatic rings. The van der Waals surface area contributed by atoms with Crippen LogP contribution in [0.3, 0.4) is 0 Å². The van der Waals surface area contributed by atoms with Crippen LogP contribution in [0.25, 0.3) is 0 Å². The van der Waals surface area contributed by atoms with Gasteiger partial charge >= 0.3 is 0 Å². The van der Waals surface area contributed by atoms with Gasteiger partial charge in [0.1, 0.15) is 5.69 Å². The Morgan fingerprint density at radius 3 is 2.87 bits per heavy atom. The first-order chi connectivity index (χ1) is 7.31. The summed E-state index contributed by atoms with van der Waals surface area (Å²) in [6.07, 6.45) is 7.77. The molecule has 0 N–H and O–H groups in total. The Morgan fingerprint density at radius 1 is 1.33 bits per heavy atom. The summed E-state index contributed by atoms with van der Waals surface area (Å²) in [5, 5.41) is 0.274. The Kier molecular flexibility index (Phi) is 3.41. The van der Waals surface area contributed by atoms with E-state index in [-0.39, 0.29) is 5.38 Å². The smallest absolute Gasteiger partial charge is 0.235 e. The van der Waals surface area contributed by atoms with E-state index in [2.05, 4.69) is 9.97 Å². The van der Waals surface area contributed by atoms with Gasteiger partial charge in [-0.2, -0.15) is 0 Å². The molecule has 3 nitrogen and oxygen atoms in total. The summed E-state index contributed by atoms with van der Waals surface area (Å²) in [6, 6.07) is 0. The molecule has 1 aromatic heterocycles. The normalized spacial score (nSPS) is 26.3. The van der Waals surface area contributed by atoms with E-state index in [0.29, 0.717) is 11.8 Å². The van der Waals surface area contributed by atoms with Gasteiger partial charge in [-0.25, -0.2) is 4.98 Å². The molecule has 1 aliphatic rings. The van der Waals surface area contributed by atoms with Crippen LogP contribution in [-0.4, -0.2) is 22.5 Å². The zero-order valence-corrected chi connectivity index (χ0v) is 9.57. The van der Waals surface area contributed by atoms with Crippen molar-refractivity contribution in [3.63, 3.8) is 0 Å². The maximum Gasteiger partial charge on any atom is 0.235 e. The number of aromatic nitrogens is 2. The molecule has 2 rings (SSSR count). The number of halogens is 1. The first-order valence-electron chi connectivity index (χ1n) is 5.30. The summed E-state index contributed by atoms with van der Waals surface area (Å²) in [5.74, 6) is 1.05. The third-order valence-corrected chi connectivity index (χ3v) is 3.28. The van der Waals surface area contributed by atoms with Crippen molar-refractivity contribution < 1.29 is 4.74 Å². The number of hydrogen-bond acceptors (Lipinski definition) is 3. The number of methoxy groups -OCH3 is 1. The molecule has 82 valence electrons. The predicted molar refractivity (Wildman–Crippen MR) is 59.4 cm³/mol. The van der Waals surface area contributed by atoms with Crippen LogP contribution in [-0.2, 0) is 0 Å². The highest BCUT2D eigenvalue weighted by Crippen LogP contribution is 2.36. The first kappa shape index (κ1) is 10.7. The number of alkyl halides is 1. The van der Waals surface area contributed by atoms with Crippen LogP contribution in [0.15, 0.2) is 12.4 Å². The number of hydrogen-bond donors (Lipinski definition) is 0. The highest BCUT2D eigenvalue weighted by atomic mass is 35.5. The largest absolute Gasteiger partial charge is 0.480 e. The lowest BCUT2D eigenvalue weighted by molar-refractivity contribution is 0.368. The fourth-order valence-corrected chi connectivity index (χ4v) is 2.52. The Morgan fingerprint density at radius 2 is 2.13 bits per heavy atom. The summed E-state index contributed by atoms with van der Waals surface area (Å²) in [6.45, 7) is 0. The summed E-state index contributed by atoms with van der Waals surface area (Å²) in [7, 11) is 1.63. The van der Waals surface area contributed by atoms with E-state index >= 15 is 0 Å². The molecule has 2 unspecified atom stereocenters. The second-order valence-electron chi connectivity index (χ2n) is 3.91. The van der Waals surface area contributed by atoms with Gasteiger partial charge in [-0.15, -0.1) is 11.6 Å². The zero-order chi connectivity index (χ0) is 10.7. The molecule has 0 saturated heterocycles. The average Bonchev–Trinajstić information content (AvgIpc) is 2.29. The highest BCUT2D eigenvalue weighted by molar-refractivity contribution is 6.20. The van der Waals surface area contributed by atoms with Crippen molar-refractivity contribution >= 4 is 11.6 Å². The van der Waals surface area contributed by atoms with Crippen LogP contribution >= 0.6 is 11.6 Å². The van der Waals surface area contributed by atoms with E-state index in [0.717, 1.165) is 25.0 Å². The van der Waals surface area contributed by atoms with Crippen molar-refractivity contribution in [2.75, 3.05) is 7.11 Å². The Bertz CT molecular complexity index is 332. The van der Waals surface area contributed by atoms with Gasteiger partial charge in [-0.05, 0) is 19.3 Å². The summed E-state index contributed by atoms with van der Waals surface area (Å²) in [5.41, 5.74) is 0.963. The van der Waals surface area contributed by atoms with Crippen molar-refractivity contribution in [2.24, 2.45) is 0 Å². The lowest BCUT2D eigenvalue weighted by Gasteiger charge is -2.25. The van der Waals surface area contributed by atoms with Crippen molar-refractivity contribution in [2.45, 2.75) is 37.0 Å². The molecule has 0 spiro atoms. The van der Waals surface area contributed by atoms with Crippen LogP contribution in [0.1, 0.15) is 37.3 Å². The molecule has 15 heavy (non-hydrogen) atoms. The Balaban J connectivity index is 2.20. The van der Waals surface area contributed by atoms with Gasteiger partial charge in [-0.1, -0.05) is 6.42 Å². The summed E-state index contributed by atoms with van der Waals surface area (Å²) in [4.78, 5) is 8.53. The fourth-order valence-electron chi connectivity index (χ4n) is 2.15. The van der Waals surface area contributed by atoms with E-state index in [1.54, 1.807) is 19.5 Å². The SMILES string of the molecule is COc1nccnc1C1CCCC(Cl)C1. The number of nitrogens with zero attached hydrogens (tertiary/aromatic N) is 2. The molecule has 0 aromatic carbocycles. The molecule has 0 aliphatic heterocycles. The molecular formula is C11H15ClN2O. The van der Waals surface area contributed by atoms with Crippen LogP contribution in [0.4, 0.5) is 0 Å². The molecule has 1 aliphatic carbocycles. The number of rotatable bonds is 2. The lowest BCUT2D eigenvalue weighted by Crippen LogP contribution is -2.16. The zero-order valence-electron chi connectivity index (χ0n) is 8.82. The standard InChI is InChI=1S/C11H15ClN2O/c1-15-11-10(13-5-6-14-11)8-3-2-4-9(12)7-8/h5-6,8-9H,2-4,7H2,1H3. The monoisotopic (exact) mass is 226 g/mol. The van der Waals surface area contributed by atoms with E-state index in [1.807, 2.05) is 0 Å². The van der Waals surface area contributed by atoms with E-state index in [9.17, 15) is 0 Å². The molecule has 1 heterocycles. The van der Waals surface area contributed by atoms with Gasteiger partial charge in [0, 0.05) is 23.7 Å². The van der Waals surface area contributed by atoms with Crippen LogP contribution in [0.5, 0.6) is 5.88 Å². The van der Waals surface area contributed by atoms with Crippen LogP contribution < -0.4 is 4.74 Å². The van der Waals surface area contributed by atoms with Gasteiger partial charge in [0.15, 0.2) is 0 Å². The van der Waals surface area contributed by atoms with Gasteiger partial charge < -0.3 is 4.74 Å². The topological polar surface area (TPSA) is 35.0 Å². The maximum absolute atomic E-state index is 6.17. The second kappa shape index (κ2) is 4.79. The van der Waals surface area contributed by atoms with Crippen LogP contribution in [0, 0.1) is 0 Å². The highest BCUT2D eigenvalue weighted by Gasteiger charge is 2.25. The molecule has 1 fully saturated rings. The third kappa shape index (κ3) is 2.40. The maximum atomic E-state index is 6.17. The summed E-state index contributed by atoms with van der Waals surface area (Å²) >= 11 is 6.17. The minimum absolute atomic E-state index is 0.274. The van der Waals surface area contributed by atoms with Crippen molar-refractivity contribution in [3.05, 3.63) is 18.1 Å². The van der Waals surface area contributed by atoms with Gasteiger partial charge in [-0.3, -0.25) is 4.98 Å².